The smallest absolute Gasteiger partial charge is 0.271 e. The van der Waals surface area contributed by atoms with Crippen LogP contribution >= 0.6 is 23.4 Å². The van der Waals surface area contributed by atoms with Gasteiger partial charge in [-0.15, -0.1) is 10.2 Å². The largest absolute Gasteiger partial charge is 0.378 e. The summed E-state index contributed by atoms with van der Waals surface area (Å²) in [4.78, 5) is 25.0. The number of hydrogen-bond acceptors (Lipinski definition) is 8. The Labute approximate surface area is 170 Å². The van der Waals surface area contributed by atoms with Crippen molar-refractivity contribution < 1.29 is 14.5 Å². The zero-order valence-corrected chi connectivity index (χ0v) is 16.9. The number of benzene rings is 1. The van der Waals surface area contributed by atoms with E-state index in [2.05, 4.69) is 20.4 Å². The minimum Gasteiger partial charge on any atom is -0.378 e. The molecule has 12 heteroatoms. The van der Waals surface area contributed by atoms with E-state index in [0.717, 1.165) is 19.0 Å². The standard InChI is InChI=1S/C16H19ClN6O4S/c1-10(14(24)18-13-9-11(23(25)26)3-4-12(13)17)28-16-20-19-15(21(16)2)22-5-7-27-8-6-22/h3-4,9-10H,5-8H2,1-2H3,(H,18,24). The van der Waals surface area contributed by atoms with Gasteiger partial charge in [-0.3, -0.25) is 19.5 Å². The van der Waals surface area contributed by atoms with Gasteiger partial charge >= 0.3 is 0 Å². The monoisotopic (exact) mass is 426 g/mol. The highest BCUT2D eigenvalue weighted by atomic mass is 35.5. The Kier molecular flexibility index (Phi) is 6.37. The Morgan fingerprint density at radius 2 is 2.11 bits per heavy atom. The van der Waals surface area contributed by atoms with E-state index >= 15 is 0 Å². The molecule has 1 unspecified atom stereocenters. The highest BCUT2D eigenvalue weighted by Gasteiger charge is 2.23. The number of carbonyl (C=O) groups excluding carboxylic acids is 1. The Morgan fingerprint density at radius 1 is 1.39 bits per heavy atom. The van der Waals surface area contributed by atoms with Crippen molar-refractivity contribution in [2.24, 2.45) is 7.05 Å². The SMILES string of the molecule is CC(Sc1nnc(N2CCOCC2)n1C)C(=O)Nc1cc([N+](=O)[O-])ccc1Cl. The minimum atomic E-state index is -0.545. The lowest BCUT2D eigenvalue weighted by Crippen LogP contribution is -2.37. The molecule has 2 aromatic rings. The van der Waals surface area contributed by atoms with Gasteiger partial charge in [0.05, 0.1) is 34.1 Å². The molecular formula is C16H19ClN6O4S. The first-order valence-electron chi connectivity index (χ1n) is 8.50. The highest BCUT2D eigenvalue weighted by molar-refractivity contribution is 8.00. The molecule has 10 nitrogen and oxygen atoms in total. The van der Waals surface area contributed by atoms with Crippen LogP contribution < -0.4 is 10.2 Å². The van der Waals surface area contributed by atoms with Crippen LogP contribution in [0.15, 0.2) is 23.4 Å². The molecule has 0 spiro atoms. The van der Waals surface area contributed by atoms with Crippen molar-refractivity contribution in [3.05, 3.63) is 33.3 Å². The Morgan fingerprint density at radius 3 is 2.79 bits per heavy atom. The summed E-state index contributed by atoms with van der Waals surface area (Å²) in [5, 5.41) is 22.2. The number of nitro benzene ring substituents is 1. The number of rotatable bonds is 6. The van der Waals surface area contributed by atoms with Crippen LogP contribution in [0.2, 0.25) is 5.02 Å². The fourth-order valence-electron chi connectivity index (χ4n) is 2.62. The van der Waals surface area contributed by atoms with Gasteiger partial charge in [-0.2, -0.15) is 0 Å². The fourth-order valence-corrected chi connectivity index (χ4v) is 3.59. The third-order valence-electron chi connectivity index (χ3n) is 4.18. The molecule has 1 amide bonds. The van der Waals surface area contributed by atoms with Crippen molar-refractivity contribution in [3.8, 4) is 0 Å². The second kappa shape index (κ2) is 8.76. The molecule has 1 atom stereocenters. The predicted octanol–water partition coefficient (Wildman–Crippen LogP) is 2.33. The number of carbonyl (C=O) groups is 1. The first kappa shape index (κ1) is 20.4. The summed E-state index contributed by atoms with van der Waals surface area (Å²) in [6.45, 7) is 4.46. The van der Waals surface area contributed by atoms with Gasteiger partial charge in [0.2, 0.25) is 11.9 Å². The van der Waals surface area contributed by atoms with Gasteiger partial charge in [-0.05, 0) is 13.0 Å². The van der Waals surface area contributed by atoms with E-state index in [1.807, 2.05) is 11.6 Å². The first-order chi connectivity index (χ1) is 13.4. The molecule has 1 aliphatic rings. The number of thioether (sulfide) groups is 1. The van der Waals surface area contributed by atoms with Crippen molar-refractivity contribution in [2.75, 3.05) is 36.5 Å². The number of hydrogen-bond donors (Lipinski definition) is 1. The van der Waals surface area contributed by atoms with Gasteiger partial charge < -0.3 is 15.0 Å². The van der Waals surface area contributed by atoms with Gasteiger partial charge in [-0.25, -0.2) is 0 Å². The number of nitro groups is 1. The molecule has 2 heterocycles. The van der Waals surface area contributed by atoms with Crippen molar-refractivity contribution in [1.29, 1.82) is 0 Å². The summed E-state index contributed by atoms with van der Waals surface area (Å²) in [5.74, 6) is 0.378. The molecule has 3 rings (SSSR count). The summed E-state index contributed by atoms with van der Waals surface area (Å²) >= 11 is 7.28. The van der Waals surface area contributed by atoms with Crippen LogP contribution in [-0.2, 0) is 16.6 Å². The van der Waals surface area contributed by atoms with Gasteiger partial charge in [0.15, 0.2) is 5.16 Å². The quantitative estimate of drug-likeness (QED) is 0.425. The third-order valence-corrected chi connectivity index (χ3v) is 5.64. The van der Waals surface area contributed by atoms with Crippen LogP contribution in [0.5, 0.6) is 0 Å². The number of non-ortho nitro benzene ring substituents is 1. The Balaban J connectivity index is 1.67. The molecule has 0 bridgehead atoms. The molecule has 28 heavy (non-hydrogen) atoms. The second-order valence-corrected chi connectivity index (χ2v) is 7.83. The van der Waals surface area contributed by atoms with Gasteiger partial charge in [0.25, 0.3) is 5.69 Å². The maximum atomic E-state index is 12.5. The van der Waals surface area contributed by atoms with Crippen molar-refractivity contribution in [3.63, 3.8) is 0 Å². The van der Waals surface area contributed by atoms with Crippen molar-refractivity contribution in [2.45, 2.75) is 17.3 Å². The van der Waals surface area contributed by atoms with E-state index in [1.165, 1.54) is 30.0 Å². The number of halogens is 1. The topological polar surface area (TPSA) is 115 Å². The number of amides is 1. The summed E-state index contributed by atoms with van der Waals surface area (Å²) in [7, 11) is 1.84. The summed E-state index contributed by atoms with van der Waals surface area (Å²) < 4.78 is 7.18. The van der Waals surface area contributed by atoms with Crippen LogP contribution in [0.25, 0.3) is 0 Å². The number of nitrogens with one attached hydrogen (secondary N) is 1. The Bertz CT molecular complexity index is 886. The maximum Gasteiger partial charge on any atom is 0.271 e. The molecule has 1 N–H and O–H groups in total. The average molecular weight is 427 g/mol. The van der Waals surface area contributed by atoms with Gasteiger partial charge in [0, 0.05) is 32.3 Å². The lowest BCUT2D eigenvalue weighted by atomic mass is 10.2. The van der Waals surface area contributed by atoms with Crippen LogP contribution in [0, 0.1) is 10.1 Å². The lowest BCUT2D eigenvalue weighted by molar-refractivity contribution is -0.384. The zero-order valence-electron chi connectivity index (χ0n) is 15.3. The van der Waals surface area contributed by atoms with Gasteiger partial charge in [-0.1, -0.05) is 23.4 Å². The molecule has 0 radical (unpaired) electrons. The average Bonchev–Trinajstić information content (AvgIpc) is 3.04. The van der Waals surface area contributed by atoms with Crippen molar-refractivity contribution >= 4 is 46.6 Å². The normalized spacial score (nSPS) is 15.3. The van der Waals surface area contributed by atoms with Crippen LogP contribution in [-0.4, -0.2) is 57.1 Å². The summed E-state index contributed by atoms with van der Waals surface area (Å²) in [6.07, 6.45) is 0. The molecule has 1 aromatic heterocycles. The van der Waals surface area contributed by atoms with E-state index in [4.69, 9.17) is 16.3 Å². The molecule has 0 aliphatic carbocycles. The number of aromatic nitrogens is 3. The van der Waals surface area contributed by atoms with Crippen molar-refractivity contribution in [1.82, 2.24) is 14.8 Å². The molecular weight excluding hydrogens is 408 g/mol. The Hall–Kier alpha value is -2.37. The molecule has 0 saturated carbocycles. The minimum absolute atomic E-state index is 0.150. The van der Waals surface area contributed by atoms with E-state index in [-0.39, 0.29) is 22.3 Å². The molecule has 150 valence electrons. The summed E-state index contributed by atoms with van der Waals surface area (Å²) in [6, 6.07) is 3.89. The van der Waals surface area contributed by atoms with Crippen LogP contribution in [0.3, 0.4) is 0 Å². The molecule has 1 aliphatic heterocycles. The molecule has 1 aromatic carbocycles. The fraction of sp³-hybridized carbons (Fsp3) is 0.438. The highest BCUT2D eigenvalue weighted by Crippen LogP contribution is 2.29. The molecule has 1 saturated heterocycles. The first-order valence-corrected chi connectivity index (χ1v) is 9.76. The molecule has 1 fully saturated rings. The lowest BCUT2D eigenvalue weighted by Gasteiger charge is -2.27. The van der Waals surface area contributed by atoms with E-state index in [1.54, 1.807) is 6.92 Å². The van der Waals surface area contributed by atoms with Crippen LogP contribution in [0.4, 0.5) is 17.3 Å². The number of anilines is 2. The second-order valence-electron chi connectivity index (χ2n) is 6.11. The van der Waals surface area contributed by atoms with E-state index in [0.29, 0.717) is 18.4 Å². The number of ether oxygens (including phenoxy) is 1. The van der Waals surface area contributed by atoms with E-state index in [9.17, 15) is 14.9 Å². The van der Waals surface area contributed by atoms with Crippen LogP contribution in [0.1, 0.15) is 6.92 Å². The maximum absolute atomic E-state index is 12.5. The number of nitrogens with zero attached hydrogens (tertiary/aromatic N) is 5. The summed E-state index contributed by atoms with van der Waals surface area (Å²) in [5.41, 5.74) is 0.0451. The third kappa shape index (κ3) is 4.54. The van der Waals surface area contributed by atoms with E-state index < -0.39 is 10.2 Å². The zero-order chi connectivity index (χ0) is 20.3. The predicted molar refractivity (Wildman–Crippen MR) is 106 cm³/mol. The number of morpholine rings is 1. The van der Waals surface area contributed by atoms with Gasteiger partial charge in [0.1, 0.15) is 0 Å².